The topological polar surface area (TPSA) is 45.1 Å². The van der Waals surface area contributed by atoms with Crippen molar-refractivity contribution in [2.24, 2.45) is 4.99 Å². The number of rotatable bonds is 3. The molecule has 0 aliphatic carbocycles. The molecule has 0 unspecified atom stereocenters. The monoisotopic (exact) mass is 298 g/mol. The quantitative estimate of drug-likeness (QED) is 0.931. The summed E-state index contributed by atoms with van der Waals surface area (Å²) >= 11 is 3.33. The van der Waals surface area contributed by atoms with Crippen LogP contribution in [0.4, 0.5) is 0 Å². The van der Waals surface area contributed by atoms with E-state index in [0.717, 1.165) is 24.5 Å². The van der Waals surface area contributed by atoms with Crippen molar-refractivity contribution in [2.75, 3.05) is 26.7 Å². The van der Waals surface area contributed by atoms with Gasteiger partial charge in [-0.2, -0.15) is 0 Å². The van der Waals surface area contributed by atoms with Gasteiger partial charge in [-0.15, -0.1) is 0 Å². The van der Waals surface area contributed by atoms with E-state index in [9.17, 15) is 5.11 Å². The van der Waals surface area contributed by atoms with Crippen molar-refractivity contribution in [3.05, 3.63) is 22.2 Å². The number of hydrogen-bond acceptors (Lipinski definition) is 4. The minimum atomic E-state index is 0.136. The minimum Gasteiger partial charge on any atom is -0.503 e. The first-order chi connectivity index (χ1) is 8.13. The molecule has 5 heteroatoms. The number of phenols is 1. The van der Waals surface area contributed by atoms with Crippen molar-refractivity contribution in [3.63, 3.8) is 0 Å². The van der Waals surface area contributed by atoms with Gasteiger partial charge in [0.25, 0.3) is 0 Å². The van der Waals surface area contributed by atoms with Crippen LogP contribution in [0, 0.1) is 0 Å². The Hall–Kier alpha value is -1.23. The first-order valence-electron chi connectivity index (χ1n) is 5.54. The van der Waals surface area contributed by atoms with Crippen LogP contribution in [0.5, 0.6) is 11.5 Å². The number of phenolic OH excluding ortho intramolecular Hbond substituents is 1. The Morgan fingerprint density at radius 1 is 1.53 bits per heavy atom. The summed E-state index contributed by atoms with van der Waals surface area (Å²) in [5, 5.41) is 9.84. The Labute approximate surface area is 109 Å². The van der Waals surface area contributed by atoms with Gasteiger partial charge >= 0.3 is 0 Å². The zero-order valence-corrected chi connectivity index (χ0v) is 11.5. The van der Waals surface area contributed by atoms with Gasteiger partial charge in [0.1, 0.15) is 5.84 Å². The smallest absolute Gasteiger partial charge is 0.172 e. The number of nitrogens with zero attached hydrogens (tertiary/aromatic N) is 2. The highest BCUT2D eigenvalue weighted by molar-refractivity contribution is 9.10. The largest absolute Gasteiger partial charge is 0.503 e. The average Bonchev–Trinajstić information content (AvgIpc) is 2.71. The van der Waals surface area contributed by atoms with E-state index in [4.69, 9.17) is 4.74 Å². The Morgan fingerprint density at radius 2 is 2.29 bits per heavy atom. The fraction of sp³-hybridized carbons (Fsp3) is 0.417. The van der Waals surface area contributed by atoms with Gasteiger partial charge in [-0.25, -0.2) is 0 Å². The van der Waals surface area contributed by atoms with Crippen molar-refractivity contribution in [2.45, 2.75) is 6.92 Å². The number of amidine groups is 1. The Kier molecular flexibility index (Phi) is 3.57. The number of aliphatic imine (C=N–C) groups is 1. The van der Waals surface area contributed by atoms with Crippen LogP contribution in [0.25, 0.3) is 0 Å². The third-order valence-electron chi connectivity index (χ3n) is 2.65. The lowest BCUT2D eigenvalue weighted by molar-refractivity contribution is 0.317. The molecule has 0 aromatic heterocycles. The van der Waals surface area contributed by atoms with Crippen LogP contribution in [-0.2, 0) is 0 Å². The zero-order valence-electron chi connectivity index (χ0n) is 9.90. The summed E-state index contributed by atoms with van der Waals surface area (Å²) in [5.74, 6) is 1.56. The van der Waals surface area contributed by atoms with Crippen LogP contribution in [0.2, 0.25) is 0 Å². The van der Waals surface area contributed by atoms with Crippen molar-refractivity contribution < 1.29 is 9.84 Å². The third kappa shape index (κ3) is 2.39. The van der Waals surface area contributed by atoms with Crippen LogP contribution in [0.1, 0.15) is 12.5 Å². The normalized spacial score (nSPS) is 15.0. The number of likely N-dealkylation sites (N-methyl/N-ethyl adjacent to an activating group) is 1. The summed E-state index contributed by atoms with van der Waals surface area (Å²) in [6.45, 7) is 4.15. The van der Waals surface area contributed by atoms with Gasteiger partial charge in [0.15, 0.2) is 11.5 Å². The molecule has 4 nitrogen and oxygen atoms in total. The summed E-state index contributed by atoms with van der Waals surface area (Å²) < 4.78 is 6.03. The van der Waals surface area contributed by atoms with Gasteiger partial charge in [0.05, 0.1) is 17.6 Å². The molecule has 1 heterocycles. The van der Waals surface area contributed by atoms with Crippen LogP contribution < -0.4 is 4.74 Å². The molecule has 0 saturated carbocycles. The molecule has 0 atom stereocenters. The van der Waals surface area contributed by atoms with Crippen LogP contribution in [-0.4, -0.2) is 42.6 Å². The summed E-state index contributed by atoms with van der Waals surface area (Å²) in [4.78, 5) is 6.54. The van der Waals surface area contributed by atoms with Gasteiger partial charge in [-0.1, -0.05) is 0 Å². The second-order valence-corrected chi connectivity index (χ2v) is 4.72. The molecular weight excluding hydrogens is 284 g/mol. The van der Waals surface area contributed by atoms with Crippen LogP contribution >= 0.6 is 15.9 Å². The fourth-order valence-corrected chi connectivity index (χ4v) is 2.25. The van der Waals surface area contributed by atoms with E-state index in [-0.39, 0.29) is 5.75 Å². The molecule has 0 saturated heterocycles. The van der Waals surface area contributed by atoms with E-state index in [1.54, 1.807) is 0 Å². The first kappa shape index (κ1) is 12.2. The Bertz CT molecular complexity index is 460. The van der Waals surface area contributed by atoms with E-state index in [1.807, 2.05) is 26.1 Å². The standard InChI is InChI=1S/C12H15BrN2O2/c1-3-17-10-7-8(6-9(13)11(10)16)12-14-4-5-15(12)2/h6-7,16H,3-5H2,1-2H3. The molecule has 0 spiro atoms. The molecule has 2 rings (SSSR count). The molecule has 0 fully saturated rings. The fourth-order valence-electron chi connectivity index (χ4n) is 1.81. The third-order valence-corrected chi connectivity index (χ3v) is 3.25. The van der Waals surface area contributed by atoms with E-state index >= 15 is 0 Å². The van der Waals surface area contributed by atoms with E-state index in [0.29, 0.717) is 16.8 Å². The number of halogens is 1. The zero-order chi connectivity index (χ0) is 12.4. The van der Waals surface area contributed by atoms with Crippen molar-refractivity contribution in [3.8, 4) is 11.5 Å². The van der Waals surface area contributed by atoms with Gasteiger partial charge < -0.3 is 14.7 Å². The number of benzene rings is 1. The molecule has 1 aliphatic heterocycles. The van der Waals surface area contributed by atoms with Gasteiger partial charge in [-0.05, 0) is 35.0 Å². The SMILES string of the molecule is CCOc1cc(C2=NCCN2C)cc(Br)c1O. The maximum absolute atomic E-state index is 9.84. The lowest BCUT2D eigenvalue weighted by Crippen LogP contribution is -2.23. The molecular formula is C12H15BrN2O2. The van der Waals surface area contributed by atoms with Crippen molar-refractivity contribution >= 4 is 21.8 Å². The van der Waals surface area contributed by atoms with Crippen molar-refractivity contribution in [1.82, 2.24) is 4.90 Å². The summed E-state index contributed by atoms with van der Waals surface area (Å²) in [7, 11) is 2.01. The predicted molar refractivity (Wildman–Crippen MR) is 71.0 cm³/mol. The van der Waals surface area contributed by atoms with Gasteiger partial charge in [0.2, 0.25) is 0 Å². The summed E-state index contributed by atoms with van der Waals surface area (Å²) in [5.41, 5.74) is 0.957. The van der Waals surface area contributed by atoms with Gasteiger partial charge in [0, 0.05) is 19.2 Å². The van der Waals surface area contributed by atoms with Crippen LogP contribution in [0.15, 0.2) is 21.6 Å². The molecule has 92 valence electrons. The Balaban J connectivity index is 2.42. The molecule has 0 bridgehead atoms. The molecule has 0 radical (unpaired) electrons. The summed E-state index contributed by atoms with van der Waals surface area (Å²) in [6.07, 6.45) is 0. The van der Waals surface area contributed by atoms with Gasteiger partial charge in [-0.3, -0.25) is 4.99 Å². The lowest BCUT2D eigenvalue weighted by atomic mass is 10.1. The molecule has 1 aromatic rings. The van der Waals surface area contributed by atoms with E-state index < -0.39 is 0 Å². The number of hydrogen-bond donors (Lipinski definition) is 1. The molecule has 1 aromatic carbocycles. The molecule has 17 heavy (non-hydrogen) atoms. The average molecular weight is 299 g/mol. The van der Waals surface area contributed by atoms with Crippen LogP contribution in [0.3, 0.4) is 0 Å². The minimum absolute atomic E-state index is 0.136. The first-order valence-corrected chi connectivity index (χ1v) is 6.34. The second-order valence-electron chi connectivity index (χ2n) is 3.86. The molecule has 1 aliphatic rings. The van der Waals surface area contributed by atoms with E-state index in [2.05, 4.69) is 25.8 Å². The maximum Gasteiger partial charge on any atom is 0.172 e. The lowest BCUT2D eigenvalue weighted by Gasteiger charge is -2.16. The highest BCUT2D eigenvalue weighted by atomic mass is 79.9. The maximum atomic E-state index is 9.84. The van der Waals surface area contributed by atoms with E-state index in [1.165, 1.54) is 0 Å². The predicted octanol–water partition coefficient (Wildman–Crippen LogP) is 2.25. The highest BCUT2D eigenvalue weighted by Crippen LogP contribution is 2.36. The van der Waals surface area contributed by atoms with Crippen molar-refractivity contribution in [1.29, 1.82) is 0 Å². The number of ether oxygens (including phenoxy) is 1. The molecule has 0 amide bonds. The number of aromatic hydroxyl groups is 1. The highest BCUT2D eigenvalue weighted by Gasteiger charge is 2.18. The second kappa shape index (κ2) is 4.96. The molecule has 1 N–H and O–H groups in total. The Morgan fingerprint density at radius 3 is 2.88 bits per heavy atom. The summed E-state index contributed by atoms with van der Waals surface area (Å²) in [6, 6.07) is 3.68.